The maximum atomic E-state index is 12.3. The van der Waals surface area contributed by atoms with E-state index in [4.69, 9.17) is 18.0 Å². The number of hydrogen-bond acceptors (Lipinski definition) is 3. The maximum absolute atomic E-state index is 12.3. The summed E-state index contributed by atoms with van der Waals surface area (Å²) in [5.41, 5.74) is 7.52. The minimum atomic E-state index is -0.174. The molecule has 2 heterocycles. The van der Waals surface area contributed by atoms with Crippen LogP contribution in [0.3, 0.4) is 0 Å². The van der Waals surface area contributed by atoms with Gasteiger partial charge in [-0.15, -0.1) is 0 Å². The Morgan fingerprint density at radius 2 is 2.21 bits per heavy atom. The van der Waals surface area contributed by atoms with Crippen LogP contribution in [0.25, 0.3) is 0 Å². The summed E-state index contributed by atoms with van der Waals surface area (Å²) in [6.45, 7) is 2.31. The Hall–Kier alpha value is -1.53. The van der Waals surface area contributed by atoms with E-state index in [1.54, 1.807) is 23.0 Å². The zero-order chi connectivity index (χ0) is 14.0. The zero-order valence-electron chi connectivity index (χ0n) is 10.3. The predicted octanol–water partition coefficient (Wildman–Crippen LogP) is 2.00. The van der Waals surface area contributed by atoms with Gasteiger partial charge in [-0.05, 0) is 46.6 Å². The van der Waals surface area contributed by atoms with E-state index >= 15 is 0 Å². The highest BCUT2D eigenvalue weighted by molar-refractivity contribution is 9.10. The summed E-state index contributed by atoms with van der Waals surface area (Å²) in [6.07, 6.45) is 3.43. The lowest BCUT2D eigenvalue weighted by molar-refractivity contribution is 0.725. The number of pyridine rings is 2. The molecule has 6 heteroatoms. The van der Waals surface area contributed by atoms with E-state index in [-0.39, 0.29) is 10.5 Å². The normalized spacial score (nSPS) is 10.4. The fourth-order valence-corrected chi connectivity index (χ4v) is 2.35. The SMILES string of the molecule is Cc1ccc(C(N)=S)c(=O)n1Cc1cncc(Br)c1. The van der Waals surface area contributed by atoms with Crippen molar-refractivity contribution in [1.29, 1.82) is 0 Å². The van der Waals surface area contributed by atoms with Gasteiger partial charge >= 0.3 is 0 Å². The van der Waals surface area contributed by atoms with E-state index in [1.165, 1.54) is 0 Å². The number of hydrogen-bond donors (Lipinski definition) is 1. The van der Waals surface area contributed by atoms with Crippen molar-refractivity contribution in [2.45, 2.75) is 13.5 Å². The first-order chi connectivity index (χ1) is 8.99. The molecule has 0 aliphatic heterocycles. The first kappa shape index (κ1) is 13.9. The summed E-state index contributed by atoms with van der Waals surface area (Å²) in [6, 6.07) is 5.42. The van der Waals surface area contributed by atoms with Gasteiger partial charge in [0.15, 0.2) is 0 Å². The molecule has 0 atom stereocenters. The second-order valence-electron chi connectivity index (χ2n) is 4.16. The molecule has 0 unspecified atom stereocenters. The standard InChI is InChI=1S/C13H12BrN3OS/c1-8-2-3-11(12(15)19)13(18)17(8)7-9-4-10(14)6-16-5-9/h2-6H,7H2,1H3,(H2,15,19). The van der Waals surface area contributed by atoms with Gasteiger partial charge < -0.3 is 10.3 Å². The Kier molecular flexibility index (Phi) is 4.11. The lowest BCUT2D eigenvalue weighted by atomic mass is 10.2. The van der Waals surface area contributed by atoms with Crippen LogP contribution in [0.1, 0.15) is 16.8 Å². The van der Waals surface area contributed by atoms with E-state index in [2.05, 4.69) is 20.9 Å². The van der Waals surface area contributed by atoms with Crippen LogP contribution in [0.4, 0.5) is 0 Å². The number of aromatic nitrogens is 2. The average Bonchev–Trinajstić information content (AvgIpc) is 2.34. The maximum Gasteiger partial charge on any atom is 0.261 e. The Bertz CT molecular complexity index is 697. The molecule has 0 fully saturated rings. The Balaban J connectivity index is 2.48. The van der Waals surface area contributed by atoms with Crippen molar-refractivity contribution >= 4 is 33.1 Å². The minimum Gasteiger partial charge on any atom is -0.389 e. The fraction of sp³-hybridized carbons (Fsp3) is 0.154. The Morgan fingerprint density at radius 1 is 1.47 bits per heavy atom. The number of thiocarbonyl (C=S) groups is 1. The van der Waals surface area contributed by atoms with Gasteiger partial charge in [-0.1, -0.05) is 12.2 Å². The van der Waals surface area contributed by atoms with Crippen LogP contribution in [-0.2, 0) is 6.54 Å². The molecular weight excluding hydrogens is 326 g/mol. The van der Waals surface area contributed by atoms with Crippen LogP contribution >= 0.6 is 28.1 Å². The van der Waals surface area contributed by atoms with Crippen molar-refractivity contribution in [2.24, 2.45) is 5.73 Å². The van der Waals surface area contributed by atoms with E-state index in [9.17, 15) is 4.79 Å². The first-order valence-electron chi connectivity index (χ1n) is 5.58. The number of nitrogens with zero attached hydrogens (tertiary/aromatic N) is 2. The van der Waals surface area contributed by atoms with Gasteiger partial charge in [0, 0.05) is 22.6 Å². The minimum absolute atomic E-state index is 0.117. The smallest absolute Gasteiger partial charge is 0.261 e. The lowest BCUT2D eigenvalue weighted by Gasteiger charge is -2.11. The van der Waals surface area contributed by atoms with E-state index in [1.807, 2.05) is 19.1 Å². The van der Waals surface area contributed by atoms with Gasteiger partial charge in [0.2, 0.25) is 0 Å². The zero-order valence-corrected chi connectivity index (χ0v) is 12.7. The van der Waals surface area contributed by atoms with Crippen molar-refractivity contribution in [3.63, 3.8) is 0 Å². The molecule has 0 saturated heterocycles. The lowest BCUT2D eigenvalue weighted by Crippen LogP contribution is -2.30. The number of nitrogens with two attached hydrogens (primary N) is 1. The molecule has 2 rings (SSSR count). The molecule has 0 radical (unpaired) electrons. The molecule has 19 heavy (non-hydrogen) atoms. The van der Waals surface area contributed by atoms with Crippen molar-refractivity contribution in [3.8, 4) is 0 Å². The van der Waals surface area contributed by atoms with Gasteiger partial charge in [0.1, 0.15) is 4.99 Å². The number of halogens is 1. The van der Waals surface area contributed by atoms with Crippen molar-refractivity contribution in [3.05, 3.63) is 62.2 Å². The molecule has 0 amide bonds. The highest BCUT2D eigenvalue weighted by Crippen LogP contribution is 2.11. The van der Waals surface area contributed by atoms with Crippen LogP contribution in [-0.4, -0.2) is 14.5 Å². The number of aryl methyl sites for hydroxylation is 1. The van der Waals surface area contributed by atoms with Crippen molar-refractivity contribution in [2.75, 3.05) is 0 Å². The fourth-order valence-electron chi connectivity index (χ4n) is 1.78. The summed E-state index contributed by atoms with van der Waals surface area (Å²) < 4.78 is 2.51. The molecule has 0 aromatic carbocycles. The molecule has 2 N–H and O–H groups in total. The predicted molar refractivity (Wildman–Crippen MR) is 82.4 cm³/mol. The molecule has 0 aliphatic carbocycles. The van der Waals surface area contributed by atoms with Crippen molar-refractivity contribution < 1.29 is 0 Å². The molecule has 98 valence electrons. The Morgan fingerprint density at radius 3 is 2.84 bits per heavy atom. The summed E-state index contributed by atoms with van der Waals surface area (Å²) in [5, 5.41) is 0. The summed E-state index contributed by atoms with van der Waals surface area (Å²) in [4.78, 5) is 16.5. The van der Waals surface area contributed by atoms with Crippen LogP contribution in [0.15, 0.2) is 39.9 Å². The summed E-state index contributed by atoms with van der Waals surface area (Å²) in [5.74, 6) is 0. The third kappa shape index (κ3) is 3.08. The summed E-state index contributed by atoms with van der Waals surface area (Å²) in [7, 11) is 0. The molecular formula is C13H12BrN3OS. The first-order valence-corrected chi connectivity index (χ1v) is 6.79. The van der Waals surface area contributed by atoms with Crippen LogP contribution in [0.5, 0.6) is 0 Å². The summed E-state index contributed by atoms with van der Waals surface area (Å²) >= 11 is 8.24. The van der Waals surface area contributed by atoms with Crippen molar-refractivity contribution in [1.82, 2.24) is 9.55 Å². The average molecular weight is 338 g/mol. The molecule has 2 aromatic rings. The largest absolute Gasteiger partial charge is 0.389 e. The quantitative estimate of drug-likeness (QED) is 0.870. The highest BCUT2D eigenvalue weighted by atomic mass is 79.9. The molecule has 0 aliphatic rings. The third-order valence-electron chi connectivity index (χ3n) is 2.76. The van der Waals surface area contributed by atoms with Gasteiger partial charge in [-0.3, -0.25) is 9.78 Å². The highest BCUT2D eigenvalue weighted by Gasteiger charge is 2.09. The molecule has 0 saturated carbocycles. The van der Waals surface area contributed by atoms with Gasteiger partial charge in [-0.25, -0.2) is 0 Å². The molecule has 2 aromatic heterocycles. The second-order valence-corrected chi connectivity index (χ2v) is 5.51. The van der Waals surface area contributed by atoms with Crippen LogP contribution in [0.2, 0.25) is 0 Å². The van der Waals surface area contributed by atoms with E-state index in [0.29, 0.717) is 12.1 Å². The van der Waals surface area contributed by atoms with E-state index in [0.717, 1.165) is 15.7 Å². The van der Waals surface area contributed by atoms with Gasteiger partial charge in [0.25, 0.3) is 5.56 Å². The van der Waals surface area contributed by atoms with E-state index < -0.39 is 0 Å². The molecule has 4 nitrogen and oxygen atoms in total. The number of rotatable bonds is 3. The molecule has 0 spiro atoms. The topological polar surface area (TPSA) is 60.9 Å². The third-order valence-corrected chi connectivity index (χ3v) is 3.41. The molecule has 0 bridgehead atoms. The van der Waals surface area contributed by atoms with Crippen LogP contribution in [0, 0.1) is 6.92 Å². The van der Waals surface area contributed by atoms with Gasteiger partial charge in [-0.2, -0.15) is 0 Å². The van der Waals surface area contributed by atoms with Gasteiger partial charge in [0.05, 0.1) is 12.1 Å². The second kappa shape index (κ2) is 5.63. The van der Waals surface area contributed by atoms with Crippen LogP contribution < -0.4 is 11.3 Å². The monoisotopic (exact) mass is 337 g/mol. The Labute approximate surface area is 124 Å².